The summed E-state index contributed by atoms with van der Waals surface area (Å²) in [4.78, 5) is 0. The van der Waals surface area contributed by atoms with Gasteiger partial charge in [-0.1, -0.05) is 25.5 Å². The van der Waals surface area contributed by atoms with Crippen LogP contribution in [0.1, 0.15) is 70.3 Å². The smallest absolute Gasteiger partial charge is 0.104 e. The molecule has 1 aromatic heterocycles. The van der Waals surface area contributed by atoms with Crippen LogP contribution >= 0.6 is 0 Å². The molecular weight excluding hydrogens is 324 g/mol. The summed E-state index contributed by atoms with van der Waals surface area (Å²) >= 11 is 0. The second-order valence-corrected chi connectivity index (χ2v) is 10.2. The first-order valence-electron chi connectivity index (χ1n) is 10.6. The number of allylic oxidation sites excluding steroid dienone is 1. The third-order valence-corrected chi connectivity index (χ3v) is 9.46. The average molecular weight is 354 g/mol. The van der Waals surface area contributed by atoms with Crippen LogP contribution in [0.15, 0.2) is 34.7 Å². The normalized spacial score (nSPS) is 54.6. The number of ether oxygens (including phenoxy) is 1. The highest BCUT2D eigenvalue weighted by atomic mass is 16.6. The average Bonchev–Trinajstić information content (AvgIpc) is 2.99. The summed E-state index contributed by atoms with van der Waals surface area (Å²) in [6, 6.07) is 2.17. The van der Waals surface area contributed by atoms with Gasteiger partial charge in [0.2, 0.25) is 0 Å². The fraction of sp³-hybridized carbons (Fsp3) is 0.739. The molecule has 3 saturated carbocycles. The molecule has 8 atom stereocenters. The van der Waals surface area contributed by atoms with Crippen LogP contribution in [0.2, 0.25) is 0 Å². The highest BCUT2D eigenvalue weighted by molar-refractivity contribution is 5.37. The monoisotopic (exact) mass is 354 g/mol. The first-order valence-corrected chi connectivity index (χ1v) is 10.6. The van der Waals surface area contributed by atoms with Gasteiger partial charge in [0, 0.05) is 5.41 Å². The topological polar surface area (TPSA) is 45.9 Å². The van der Waals surface area contributed by atoms with E-state index in [1.165, 1.54) is 24.8 Å². The lowest BCUT2D eigenvalue weighted by Gasteiger charge is -2.58. The molecule has 4 aliphatic carbocycles. The number of aliphatic hydroxyl groups excluding tert-OH is 1. The van der Waals surface area contributed by atoms with Gasteiger partial charge in [0.25, 0.3) is 0 Å². The molecule has 140 valence electrons. The molecule has 0 amide bonds. The van der Waals surface area contributed by atoms with E-state index < -0.39 is 0 Å². The third kappa shape index (κ3) is 1.69. The number of fused-ring (bicyclic) bond motifs is 3. The molecular formula is C23H30O3. The zero-order chi connectivity index (χ0) is 17.7. The summed E-state index contributed by atoms with van der Waals surface area (Å²) in [6.45, 7) is 4.99. The van der Waals surface area contributed by atoms with Crippen molar-refractivity contribution in [2.45, 2.75) is 82.5 Å². The third-order valence-electron chi connectivity index (χ3n) is 9.46. The molecule has 0 radical (unpaired) electrons. The van der Waals surface area contributed by atoms with E-state index in [0.29, 0.717) is 17.9 Å². The largest absolute Gasteiger partial charge is 0.472 e. The molecule has 1 saturated heterocycles. The van der Waals surface area contributed by atoms with Crippen molar-refractivity contribution in [2.75, 3.05) is 0 Å². The molecule has 1 spiro atoms. The van der Waals surface area contributed by atoms with Crippen molar-refractivity contribution in [1.82, 2.24) is 0 Å². The van der Waals surface area contributed by atoms with Gasteiger partial charge in [-0.15, -0.1) is 0 Å². The van der Waals surface area contributed by atoms with Gasteiger partial charge in [-0.25, -0.2) is 0 Å². The van der Waals surface area contributed by atoms with Gasteiger partial charge in [-0.3, -0.25) is 0 Å². The number of hydrogen-bond donors (Lipinski definition) is 1. The maximum Gasteiger partial charge on any atom is 0.104 e. The van der Waals surface area contributed by atoms with Crippen molar-refractivity contribution in [3.05, 3.63) is 35.8 Å². The van der Waals surface area contributed by atoms with Crippen molar-refractivity contribution >= 4 is 0 Å². The minimum atomic E-state index is -0.219. The number of rotatable bonds is 1. The quantitative estimate of drug-likeness (QED) is 0.581. The SMILES string of the molecule is C[C@]12CC[C@H](O)C=C1CC[C@@H]1[C@@H]2CC[C@]2(C)[C@@H](c3ccoc3)C[C@H]3O[C@]132. The summed E-state index contributed by atoms with van der Waals surface area (Å²) in [7, 11) is 0. The van der Waals surface area contributed by atoms with Gasteiger partial charge in [0.15, 0.2) is 0 Å². The number of furan rings is 1. The Kier molecular flexibility index (Phi) is 2.98. The van der Waals surface area contributed by atoms with E-state index in [4.69, 9.17) is 9.15 Å². The van der Waals surface area contributed by atoms with E-state index in [1.54, 1.807) is 5.57 Å². The van der Waals surface area contributed by atoms with E-state index in [2.05, 4.69) is 26.0 Å². The number of epoxide rings is 1. The zero-order valence-electron chi connectivity index (χ0n) is 15.9. The molecule has 2 heterocycles. The summed E-state index contributed by atoms with van der Waals surface area (Å²) in [6.07, 6.45) is 14.4. The van der Waals surface area contributed by atoms with Crippen LogP contribution in [0.25, 0.3) is 0 Å². The lowest BCUT2D eigenvalue weighted by molar-refractivity contribution is -0.0819. The predicted octanol–water partition coefficient (Wildman–Crippen LogP) is 4.82. The van der Waals surface area contributed by atoms with Crippen LogP contribution in [0.3, 0.4) is 0 Å². The molecule has 6 rings (SSSR count). The Morgan fingerprint density at radius 3 is 2.81 bits per heavy atom. The molecule has 0 bridgehead atoms. The molecule has 1 N–H and O–H groups in total. The Bertz CT molecular complexity index is 766. The Morgan fingerprint density at radius 1 is 1.12 bits per heavy atom. The molecule has 1 aliphatic heterocycles. The minimum absolute atomic E-state index is 0.0997. The maximum absolute atomic E-state index is 10.1. The fourth-order valence-corrected chi connectivity index (χ4v) is 8.12. The van der Waals surface area contributed by atoms with Gasteiger partial charge in [-0.2, -0.15) is 0 Å². The maximum atomic E-state index is 10.1. The van der Waals surface area contributed by atoms with Crippen molar-refractivity contribution in [3.8, 4) is 0 Å². The second kappa shape index (κ2) is 4.86. The first kappa shape index (κ1) is 15.9. The molecule has 3 heteroatoms. The zero-order valence-corrected chi connectivity index (χ0v) is 15.9. The molecule has 0 aromatic carbocycles. The van der Waals surface area contributed by atoms with Gasteiger partial charge in [0.05, 0.1) is 24.7 Å². The Morgan fingerprint density at radius 2 is 2.00 bits per heavy atom. The van der Waals surface area contributed by atoms with E-state index in [9.17, 15) is 5.11 Å². The van der Waals surface area contributed by atoms with Crippen molar-refractivity contribution < 1.29 is 14.3 Å². The van der Waals surface area contributed by atoms with E-state index in [-0.39, 0.29) is 22.5 Å². The predicted molar refractivity (Wildman–Crippen MR) is 98.7 cm³/mol. The van der Waals surface area contributed by atoms with Gasteiger partial charge in [-0.05, 0) is 79.7 Å². The van der Waals surface area contributed by atoms with Crippen molar-refractivity contribution in [3.63, 3.8) is 0 Å². The number of hydrogen-bond acceptors (Lipinski definition) is 3. The molecule has 26 heavy (non-hydrogen) atoms. The van der Waals surface area contributed by atoms with Crippen molar-refractivity contribution in [2.24, 2.45) is 22.7 Å². The Balaban J connectivity index is 1.39. The van der Waals surface area contributed by atoms with E-state index >= 15 is 0 Å². The van der Waals surface area contributed by atoms with Crippen LogP contribution in [-0.2, 0) is 4.74 Å². The standard InChI is InChI=1S/C23H30O3/c1-21-8-5-16(24)11-15(21)3-4-18-17(21)6-9-22(2)19(14-7-10-25-13-14)12-20-23(18,22)26-20/h7,10-11,13,16-20,24H,3-6,8-9,12H2,1-2H3/t16-,17-,18+,19+,20+,21-,22+,23+/m0/s1. The molecule has 1 aromatic rings. The highest BCUT2D eigenvalue weighted by Crippen LogP contribution is 2.77. The van der Waals surface area contributed by atoms with Crippen LogP contribution in [-0.4, -0.2) is 22.9 Å². The summed E-state index contributed by atoms with van der Waals surface area (Å²) in [5.41, 5.74) is 3.54. The summed E-state index contributed by atoms with van der Waals surface area (Å²) in [5.74, 6) is 1.98. The van der Waals surface area contributed by atoms with Gasteiger partial charge < -0.3 is 14.3 Å². The molecule has 4 fully saturated rings. The number of aliphatic hydroxyl groups is 1. The van der Waals surface area contributed by atoms with Gasteiger partial charge >= 0.3 is 0 Å². The van der Waals surface area contributed by atoms with Crippen LogP contribution in [0.4, 0.5) is 0 Å². The lowest BCUT2D eigenvalue weighted by atomic mass is 9.46. The molecule has 5 aliphatic rings. The Labute approximate surface area is 155 Å². The molecule has 0 unspecified atom stereocenters. The van der Waals surface area contributed by atoms with Crippen LogP contribution < -0.4 is 0 Å². The minimum Gasteiger partial charge on any atom is -0.472 e. The van der Waals surface area contributed by atoms with Crippen molar-refractivity contribution in [1.29, 1.82) is 0 Å². The summed E-state index contributed by atoms with van der Waals surface area (Å²) < 4.78 is 12.0. The fourth-order valence-electron chi connectivity index (χ4n) is 8.12. The second-order valence-electron chi connectivity index (χ2n) is 10.2. The van der Waals surface area contributed by atoms with Crippen LogP contribution in [0.5, 0.6) is 0 Å². The van der Waals surface area contributed by atoms with E-state index in [1.807, 2.05) is 12.5 Å². The van der Waals surface area contributed by atoms with Crippen LogP contribution in [0, 0.1) is 22.7 Å². The summed E-state index contributed by atoms with van der Waals surface area (Å²) in [5, 5.41) is 10.1. The highest BCUT2D eigenvalue weighted by Gasteiger charge is 2.80. The Hall–Kier alpha value is -1.06. The first-order chi connectivity index (χ1) is 12.5. The molecule has 3 nitrogen and oxygen atoms in total. The van der Waals surface area contributed by atoms with Gasteiger partial charge in [0.1, 0.15) is 5.60 Å². The van der Waals surface area contributed by atoms with E-state index in [0.717, 1.165) is 31.6 Å². The lowest BCUT2D eigenvalue weighted by Crippen LogP contribution is -2.56.